The summed E-state index contributed by atoms with van der Waals surface area (Å²) >= 11 is 0. The number of aryl methyl sites for hydroxylation is 2. The van der Waals surface area contributed by atoms with Crippen molar-refractivity contribution >= 4 is 17.9 Å². The smallest absolute Gasteiger partial charge is 0.408 e. The van der Waals surface area contributed by atoms with Crippen LogP contribution < -0.4 is 10.6 Å². The SMILES string of the molecule is CCCCN(C(=O)CNC(=O)OC(C)(C)C)C(C(=O)NC1CCCCC1)c1cc(C)cc(C)c1. The Labute approximate surface area is 205 Å². The molecular weight excluding hydrogens is 430 g/mol. The molecule has 0 aromatic heterocycles. The summed E-state index contributed by atoms with van der Waals surface area (Å²) in [5.74, 6) is -0.458. The molecule has 0 heterocycles. The summed E-state index contributed by atoms with van der Waals surface area (Å²) in [5, 5.41) is 5.78. The number of carbonyl (C=O) groups excluding carboxylic acids is 3. The molecule has 2 rings (SSSR count). The Morgan fingerprint density at radius 1 is 1.06 bits per heavy atom. The van der Waals surface area contributed by atoms with E-state index in [0.717, 1.165) is 55.2 Å². The number of benzene rings is 1. The van der Waals surface area contributed by atoms with Crippen molar-refractivity contribution in [2.75, 3.05) is 13.1 Å². The third kappa shape index (κ3) is 8.99. The van der Waals surface area contributed by atoms with Crippen molar-refractivity contribution < 1.29 is 19.1 Å². The quantitative estimate of drug-likeness (QED) is 0.531. The molecule has 0 spiro atoms. The molecule has 1 aromatic carbocycles. The summed E-state index contributed by atoms with van der Waals surface area (Å²) in [6, 6.07) is 5.40. The van der Waals surface area contributed by atoms with Crippen LogP contribution in [0.25, 0.3) is 0 Å². The maximum absolute atomic E-state index is 13.7. The zero-order chi connectivity index (χ0) is 25.3. The van der Waals surface area contributed by atoms with E-state index in [1.807, 2.05) is 26.0 Å². The van der Waals surface area contributed by atoms with Crippen LogP contribution >= 0.6 is 0 Å². The third-order valence-electron chi connectivity index (χ3n) is 5.93. The molecule has 0 saturated heterocycles. The van der Waals surface area contributed by atoms with Crippen molar-refractivity contribution in [2.45, 2.75) is 104 Å². The summed E-state index contributed by atoms with van der Waals surface area (Å²) in [5.41, 5.74) is 2.23. The minimum absolute atomic E-state index is 0.137. The second kappa shape index (κ2) is 12.8. The monoisotopic (exact) mass is 473 g/mol. The van der Waals surface area contributed by atoms with E-state index in [1.165, 1.54) is 6.42 Å². The lowest BCUT2D eigenvalue weighted by molar-refractivity contribution is -0.140. The standard InChI is InChI=1S/C27H43N3O4/c1-7-8-14-30(23(31)18-28-26(33)34-27(4,5)6)24(21-16-19(2)15-20(3)17-21)25(32)29-22-12-10-9-11-13-22/h15-17,22,24H,7-14,18H2,1-6H3,(H,28,33)(H,29,32). The molecule has 7 nitrogen and oxygen atoms in total. The molecule has 190 valence electrons. The molecule has 2 N–H and O–H groups in total. The Morgan fingerprint density at radius 3 is 2.24 bits per heavy atom. The molecule has 1 unspecified atom stereocenters. The van der Waals surface area contributed by atoms with Crippen molar-refractivity contribution in [3.05, 3.63) is 34.9 Å². The van der Waals surface area contributed by atoms with Gasteiger partial charge < -0.3 is 20.3 Å². The topological polar surface area (TPSA) is 87.7 Å². The minimum atomic E-state index is -0.750. The molecule has 3 amide bonds. The highest BCUT2D eigenvalue weighted by Gasteiger charge is 2.33. The zero-order valence-corrected chi connectivity index (χ0v) is 21.8. The summed E-state index contributed by atoms with van der Waals surface area (Å²) in [7, 11) is 0. The van der Waals surface area contributed by atoms with Gasteiger partial charge in [-0.05, 0) is 59.4 Å². The molecule has 1 fully saturated rings. The van der Waals surface area contributed by atoms with Crippen LogP contribution in [-0.4, -0.2) is 47.5 Å². The lowest BCUT2D eigenvalue weighted by atomic mass is 9.94. The molecule has 0 radical (unpaired) electrons. The second-order valence-corrected chi connectivity index (χ2v) is 10.5. The van der Waals surface area contributed by atoms with E-state index >= 15 is 0 Å². The van der Waals surface area contributed by atoms with Gasteiger partial charge in [0.05, 0.1) is 0 Å². The van der Waals surface area contributed by atoms with Crippen LogP contribution in [0.5, 0.6) is 0 Å². The number of ether oxygens (including phenoxy) is 1. The van der Waals surface area contributed by atoms with Gasteiger partial charge in [0.2, 0.25) is 11.8 Å². The van der Waals surface area contributed by atoms with Gasteiger partial charge in [-0.3, -0.25) is 9.59 Å². The third-order valence-corrected chi connectivity index (χ3v) is 5.93. The number of hydrogen-bond acceptors (Lipinski definition) is 4. The average molecular weight is 474 g/mol. The Morgan fingerprint density at radius 2 is 1.68 bits per heavy atom. The number of hydrogen-bond donors (Lipinski definition) is 2. The van der Waals surface area contributed by atoms with Gasteiger partial charge in [-0.2, -0.15) is 0 Å². The molecule has 1 aliphatic carbocycles. The lowest BCUT2D eigenvalue weighted by Crippen LogP contribution is -2.50. The van der Waals surface area contributed by atoms with Crippen molar-refractivity contribution in [3.63, 3.8) is 0 Å². The van der Waals surface area contributed by atoms with Gasteiger partial charge in [0.25, 0.3) is 0 Å². The predicted molar refractivity (Wildman–Crippen MR) is 135 cm³/mol. The maximum atomic E-state index is 13.7. The minimum Gasteiger partial charge on any atom is -0.444 e. The molecular formula is C27H43N3O4. The van der Waals surface area contributed by atoms with Crippen LogP contribution in [0.4, 0.5) is 4.79 Å². The Balaban J connectivity index is 2.31. The Kier molecular flexibility index (Phi) is 10.4. The van der Waals surface area contributed by atoms with E-state index < -0.39 is 17.7 Å². The van der Waals surface area contributed by atoms with Crippen LogP contribution in [0.1, 0.15) is 95.4 Å². The van der Waals surface area contributed by atoms with E-state index in [0.29, 0.717) is 6.54 Å². The van der Waals surface area contributed by atoms with E-state index in [4.69, 9.17) is 4.74 Å². The van der Waals surface area contributed by atoms with Crippen LogP contribution in [-0.2, 0) is 14.3 Å². The number of alkyl carbamates (subject to hydrolysis) is 1. The number of carbonyl (C=O) groups is 3. The first-order chi connectivity index (χ1) is 16.0. The average Bonchev–Trinajstić information content (AvgIpc) is 2.73. The fourth-order valence-corrected chi connectivity index (χ4v) is 4.46. The number of nitrogens with one attached hydrogen (secondary N) is 2. The highest BCUT2D eigenvalue weighted by Crippen LogP contribution is 2.26. The van der Waals surface area contributed by atoms with E-state index in [2.05, 4.69) is 23.6 Å². The fraction of sp³-hybridized carbons (Fsp3) is 0.667. The van der Waals surface area contributed by atoms with Gasteiger partial charge in [-0.15, -0.1) is 0 Å². The molecule has 1 aromatic rings. The van der Waals surface area contributed by atoms with Gasteiger partial charge in [0.1, 0.15) is 18.2 Å². The van der Waals surface area contributed by atoms with Crippen LogP contribution in [0.15, 0.2) is 18.2 Å². The number of rotatable bonds is 9. The summed E-state index contributed by atoms with van der Waals surface area (Å²) < 4.78 is 5.27. The summed E-state index contributed by atoms with van der Waals surface area (Å²) in [4.78, 5) is 40.8. The lowest BCUT2D eigenvalue weighted by Gasteiger charge is -2.34. The second-order valence-electron chi connectivity index (χ2n) is 10.5. The van der Waals surface area contributed by atoms with Crippen molar-refractivity contribution in [1.82, 2.24) is 15.5 Å². The Bertz CT molecular complexity index is 821. The van der Waals surface area contributed by atoms with Crippen molar-refractivity contribution in [1.29, 1.82) is 0 Å². The van der Waals surface area contributed by atoms with Crippen molar-refractivity contribution in [3.8, 4) is 0 Å². The molecule has 0 aliphatic heterocycles. The molecule has 1 saturated carbocycles. The molecule has 34 heavy (non-hydrogen) atoms. The zero-order valence-electron chi connectivity index (χ0n) is 21.8. The highest BCUT2D eigenvalue weighted by molar-refractivity contribution is 5.90. The summed E-state index contributed by atoms with van der Waals surface area (Å²) in [6.45, 7) is 11.6. The normalized spacial score (nSPS) is 15.4. The molecule has 1 aliphatic rings. The molecule has 7 heteroatoms. The van der Waals surface area contributed by atoms with E-state index in [-0.39, 0.29) is 24.4 Å². The van der Waals surface area contributed by atoms with Gasteiger partial charge in [-0.1, -0.05) is 61.9 Å². The van der Waals surface area contributed by atoms with Gasteiger partial charge in [-0.25, -0.2) is 4.79 Å². The largest absolute Gasteiger partial charge is 0.444 e. The Hall–Kier alpha value is -2.57. The van der Waals surface area contributed by atoms with Crippen molar-refractivity contribution in [2.24, 2.45) is 0 Å². The fourth-order valence-electron chi connectivity index (χ4n) is 4.46. The molecule has 1 atom stereocenters. The number of nitrogens with zero attached hydrogens (tertiary/aromatic N) is 1. The van der Waals surface area contributed by atoms with Gasteiger partial charge in [0.15, 0.2) is 0 Å². The van der Waals surface area contributed by atoms with E-state index in [9.17, 15) is 14.4 Å². The van der Waals surface area contributed by atoms with Crippen LogP contribution in [0.3, 0.4) is 0 Å². The van der Waals surface area contributed by atoms with Gasteiger partial charge in [0, 0.05) is 12.6 Å². The summed E-state index contributed by atoms with van der Waals surface area (Å²) in [6.07, 6.45) is 6.34. The molecule has 0 bridgehead atoms. The van der Waals surface area contributed by atoms with E-state index in [1.54, 1.807) is 25.7 Å². The van der Waals surface area contributed by atoms with Crippen LogP contribution in [0.2, 0.25) is 0 Å². The first kappa shape index (κ1) is 27.7. The highest BCUT2D eigenvalue weighted by atomic mass is 16.6. The number of unbranched alkanes of at least 4 members (excludes halogenated alkanes) is 1. The van der Waals surface area contributed by atoms with Crippen LogP contribution in [0, 0.1) is 13.8 Å². The first-order valence-corrected chi connectivity index (χ1v) is 12.6. The predicted octanol–water partition coefficient (Wildman–Crippen LogP) is 4.95. The maximum Gasteiger partial charge on any atom is 0.408 e. The number of amides is 3. The van der Waals surface area contributed by atoms with Gasteiger partial charge >= 0.3 is 6.09 Å². The first-order valence-electron chi connectivity index (χ1n) is 12.6.